The highest BCUT2D eigenvalue weighted by atomic mass is 35.5. The molecule has 0 aliphatic rings. The van der Waals surface area contributed by atoms with Gasteiger partial charge in [0.1, 0.15) is 12.7 Å². The highest BCUT2D eigenvalue weighted by Crippen LogP contribution is 2.36. The Hall–Kier alpha value is -4.43. The van der Waals surface area contributed by atoms with Crippen LogP contribution in [-0.2, 0) is 6.18 Å². The zero-order valence-corrected chi connectivity index (χ0v) is 19.6. The Kier molecular flexibility index (Phi) is 7.40. The first-order valence-electron chi connectivity index (χ1n) is 10.6. The lowest BCUT2D eigenvalue weighted by atomic mass is 10.2. The van der Waals surface area contributed by atoms with Crippen LogP contribution in [0, 0.1) is 0 Å². The molecular weight excluding hydrogens is 515 g/mol. The summed E-state index contributed by atoms with van der Waals surface area (Å²) in [6, 6.07) is 8.36. The lowest BCUT2D eigenvalue weighted by molar-refractivity contribution is -0.137. The molecule has 0 fully saturated rings. The maximum Gasteiger partial charge on any atom is 0.417 e. The number of nitrogens with zero attached hydrogens (tertiary/aromatic N) is 4. The second kappa shape index (κ2) is 10.7. The molecule has 0 unspecified atom stereocenters. The Balaban J connectivity index is 1.46. The number of urea groups is 2. The molecule has 0 bridgehead atoms. The number of carbonyl (C=O) groups excluding carboxylic acids is 2. The first-order valence-corrected chi connectivity index (χ1v) is 11.0. The number of nitrogens with one attached hydrogen (secondary N) is 4. The van der Waals surface area contributed by atoms with E-state index in [1.807, 2.05) is 0 Å². The summed E-state index contributed by atoms with van der Waals surface area (Å²) in [6.07, 6.45) is -1.88. The fourth-order valence-electron chi connectivity index (χ4n) is 3.27. The van der Waals surface area contributed by atoms with E-state index < -0.39 is 28.8 Å². The van der Waals surface area contributed by atoms with Crippen molar-refractivity contribution in [3.8, 4) is 5.69 Å². The molecule has 0 spiro atoms. The Morgan fingerprint density at radius 3 is 2.35 bits per heavy atom. The van der Waals surface area contributed by atoms with E-state index >= 15 is 0 Å². The maximum absolute atomic E-state index is 13.0. The van der Waals surface area contributed by atoms with Gasteiger partial charge < -0.3 is 21.7 Å². The van der Waals surface area contributed by atoms with Gasteiger partial charge in [0.15, 0.2) is 17.0 Å². The van der Waals surface area contributed by atoms with Crippen LogP contribution < -0.4 is 27.0 Å². The lowest BCUT2D eigenvalue weighted by Crippen LogP contribution is -2.33. The van der Waals surface area contributed by atoms with E-state index in [9.17, 15) is 22.8 Å². The molecule has 2 aromatic carbocycles. The number of hydrogen-bond donors (Lipinski definition) is 5. The number of alkyl halides is 3. The Labute approximate surface area is 212 Å². The van der Waals surface area contributed by atoms with E-state index in [4.69, 9.17) is 17.3 Å². The van der Waals surface area contributed by atoms with Gasteiger partial charge in [-0.15, -0.1) is 0 Å². The number of carbonyl (C=O) groups is 2. The summed E-state index contributed by atoms with van der Waals surface area (Å²) >= 11 is 5.60. The Morgan fingerprint density at radius 1 is 0.946 bits per heavy atom. The molecule has 2 aromatic heterocycles. The number of hydrogen-bond acceptors (Lipinski definition) is 6. The van der Waals surface area contributed by atoms with Crippen molar-refractivity contribution in [2.75, 3.05) is 29.0 Å². The fourth-order valence-corrected chi connectivity index (χ4v) is 3.50. The summed E-state index contributed by atoms with van der Waals surface area (Å²) in [7, 11) is 0. The normalized spacial score (nSPS) is 11.3. The third-order valence-electron chi connectivity index (χ3n) is 4.93. The van der Waals surface area contributed by atoms with Crippen LogP contribution in [-0.4, -0.2) is 44.7 Å². The number of rotatable bonds is 6. The van der Waals surface area contributed by atoms with E-state index in [2.05, 4.69) is 36.2 Å². The first kappa shape index (κ1) is 25.7. The van der Waals surface area contributed by atoms with Gasteiger partial charge in [-0.25, -0.2) is 24.5 Å². The van der Waals surface area contributed by atoms with Crippen LogP contribution >= 0.6 is 11.6 Å². The SMILES string of the molecule is NCCNC(=O)Nc1ncnc2c1ncn2-c1ccc(NC(=O)Nc2ccc(Cl)c(C(F)(F)F)c2)cc1. The smallest absolute Gasteiger partial charge is 0.337 e. The van der Waals surface area contributed by atoms with Crippen molar-refractivity contribution in [1.82, 2.24) is 24.8 Å². The van der Waals surface area contributed by atoms with Gasteiger partial charge in [-0.3, -0.25) is 9.88 Å². The van der Waals surface area contributed by atoms with E-state index in [1.54, 1.807) is 28.8 Å². The third kappa shape index (κ3) is 6.05. The molecule has 4 rings (SSSR count). The van der Waals surface area contributed by atoms with E-state index in [-0.39, 0.29) is 18.1 Å². The maximum atomic E-state index is 13.0. The summed E-state index contributed by atoms with van der Waals surface area (Å²) in [5.74, 6) is 0.212. The van der Waals surface area contributed by atoms with Crippen LogP contribution in [0.3, 0.4) is 0 Å². The van der Waals surface area contributed by atoms with E-state index in [1.165, 1.54) is 18.7 Å². The number of aromatic nitrogens is 4. The monoisotopic (exact) mass is 533 g/mol. The standard InChI is InChI=1S/C22H19ClF3N9O2/c23-16-6-3-13(9-15(16)22(24,25)26)33-21(37)32-12-1-4-14(5-2-12)35-11-31-17-18(29-10-30-19(17)35)34-20(36)28-8-7-27/h1-6,9-11H,7-8,27H2,(H2,32,33,37)(H2,28,29,30,34,36). The summed E-state index contributed by atoms with van der Waals surface area (Å²) in [5.41, 5.74) is 6.04. The average Bonchev–Trinajstić information content (AvgIpc) is 3.29. The molecule has 2 heterocycles. The van der Waals surface area contributed by atoms with Gasteiger partial charge in [-0.1, -0.05) is 11.6 Å². The summed E-state index contributed by atoms with van der Waals surface area (Å²) < 4.78 is 40.8. The highest BCUT2D eigenvalue weighted by molar-refractivity contribution is 6.31. The quantitative estimate of drug-likeness (QED) is 0.250. The second-order valence-electron chi connectivity index (χ2n) is 7.50. The predicted molar refractivity (Wildman–Crippen MR) is 132 cm³/mol. The number of fused-ring (bicyclic) bond motifs is 1. The van der Waals surface area contributed by atoms with Crippen LogP contribution in [0.1, 0.15) is 5.56 Å². The van der Waals surface area contributed by atoms with E-state index in [0.717, 1.165) is 12.1 Å². The molecule has 0 saturated carbocycles. The molecule has 4 aromatic rings. The molecular formula is C22H19ClF3N9O2. The van der Waals surface area contributed by atoms with Crippen molar-refractivity contribution >= 4 is 52.0 Å². The van der Waals surface area contributed by atoms with Gasteiger partial charge in [0, 0.05) is 30.2 Å². The Morgan fingerprint density at radius 2 is 1.65 bits per heavy atom. The zero-order chi connectivity index (χ0) is 26.6. The van der Waals surface area contributed by atoms with Crippen LogP contribution in [0.2, 0.25) is 5.02 Å². The number of anilines is 3. The number of amides is 4. The van der Waals surface area contributed by atoms with Crippen molar-refractivity contribution < 1.29 is 22.8 Å². The number of imidazole rings is 1. The summed E-state index contributed by atoms with van der Waals surface area (Å²) in [6.45, 7) is 0.578. The van der Waals surface area contributed by atoms with Gasteiger partial charge >= 0.3 is 18.2 Å². The molecule has 0 aliphatic carbocycles. The molecule has 6 N–H and O–H groups in total. The minimum atomic E-state index is -4.66. The average molecular weight is 534 g/mol. The zero-order valence-electron chi connectivity index (χ0n) is 18.8. The van der Waals surface area contributed by atoms with Gasteiger partial charge in [-0.05, 0) is 42.5 Å². The summed E-state index contributed by atoms with van der Waals surface area (Å²) in [5, 5.41) is 9.58. The van der Waals surface area contributed by atoms with Crippen LogP contribution in [0.5, 0.6) is 0 Å². The molecule has 4 amide bonds. The predicted octanol–water partition coefficient (Wildman–Crippen LogP) is 4.21. The van der Waals surface area contributed by atoms with Crippen molar-refractivity contribution in [2.45, 2.75) is 6.18 Å². The van der Waals surface area contributed by atoms with Gasteiger partial charge in [-0.2, -0.15) is 13.2 Å². The van der Waals surface area contributed by atoms with Gasteiger partial charge in [0.25, 0.3) is 0 Å². The number of benzene rings is 2. The highest BCUT2D eigenvalue weighted by Gasteiger charge is 2.33. The molecule has 0 radical (unpaired) electrons. The van der Waals surface area contributed by atoms with Crippen molar-refractivity contribution in [1.29, 1.82) is 0 Å². The van der Waals surface area contributed by atoms with Crippen LogP contribution in [0.4, 0.5) is 40.0 Å². The van der Waals surface area contributed by atoms with Crippen molar-refractivity contribution in [3.05, 3.63) is 65.7 Å². The molecule has 37 heavy (non-hydrogen) atoms. The molecule has 11 nitrogen and oxygen atoms in total. The van der Waals surface area contributed by atoms with E-state index in [0.29, 0.717) is 29.1 Å². The fraction of sp³-hybridized carbons (Fsp3) is 0.136. The second-order valence-corrected chi connectivity index (χ2v) is 7.90. The Bertz CT molecular complexity index is 1440. The largest absolute Gasteiger partial charge is 0.417 e. The molecule has 192 valence electrons. The molecule has 0 aliphatic heterocycles. The van der Waals surface area contributed by atoms with Crippen LogP contribution in [0.25, 0.3) is 16.9 Å². The number of halogens is 4. The molecule has 0 saturated heterocycles. The van der Waals surface area contributed by atoms with Crippen molar-refractivity contribution in [2.24, 2.45) is 5.73 Å². The van der Waals surface area contributed by atoms with Crippen molar-refractivity contribution in [3.63, 3.8) is 0 Å². The van der Waals surface area contributed by atoms with Crippen LogP contribution in [0.15, 0.2) is 55.1 Å². The topological polar surface area (TPSA) is 152 Å². The minimum absolute atomic E-state index is 0.0727. The first-order chi connectivity index (χ1) is 17.7. The van der Waals surface area contributed by atoms with Gasteiger partial charge in [0.05, 0.1) is 10.6 Å². The summed E-state index contributed by atoms with van der Waals surface area (Å²) in [4.78, 5) is 36.8. The lowest BCUT2D eigenvalue weighted by Gasteiger charge is -2.12. The van der Waals surface area contributed by atoms with Gasteiger partial charge in [0.2, 0.25) is 0 Å². The number of nitrogens with two attached hydrogens (primary N) is 1. The minimum Gasteiger partial charge on any atom is -0.337 e. The molecule has 0 atom stereocenters. The molecule has 15 heteroatoms. The third-order valence-corrected chi connectivity index (χ3v) is 5.26.